The Morgan fingerprint density at radius 3 is 2.67 bits per heavy atom. The molecule has 0 aromatic carbocycles. The van der Waals surface area contributed by atoms with E-state index < -0.39 is 11.9 Å². The van der Waals surface area contributed by atoms with Gasteiger partial charge in [-0.25, -0.2) is 4.98 Å². The van der Waals surface area contributed by atoms with Gasteiger partial charge in [0.25, 0.3) is 5.91 Å². The highest BCUT2D eigenvalue weighted by Gasteiger charge is 2.37. The number of aromatic nitrogens is 1. The third kappa shape index (κ3) is 2.46. The van der Waals surface area contributed by atoms with Gasteiger partial charge in [0.2, 0.25) is 0 Å². The first-order valence-electron chi connectivity index (χ1n) is 5.62. The average Bonchev–Trinajstić information content (AvgIpc) is 2.71. The van der Waals surface area contributed by atoms with Crippen molar-refractivity contribution in [2.45, 2.75) is 6.92 Å². The van der Waals surface area contributed by atoms with Crippen LogP contribution in [0.5, 0.6) is 0 Å². The van der Waals surface area contributed by atoms with Crippen molar-refractivity contribution < 1.29 is 14.7 Å². The van der Waals surface area contributed by atoms with Crippen LogP contribution in [0.3, 0.4) is 0 Å². The Bertz CT molecular complexity index is 475. The fourth-order valence-corrected chi connectivity index (χ4v) is 2.23. The van der Waals surface area contributed by atoms with E-state index in [1.54, 1.807) is 12.1 Å². The molecule has 0 bridgehead atoms. The lowest BCUT2D eigenvalue weighted by Gasteiger charge is -2.15. The van der Waals surface area contributed by atoms with E-state index in [-0.39, 0.29) is 24.1 Å². The monoisotopic (exact) mass is 268 g/mol. The Kier molecular flexibility index (Phi) is 3.52. The second kappa shape index (κ2) is 4.94. The van der Waals surface area contributed by atoms with E-state index in [9.17, 15) is 9.59 Å². The van der Waals surface area contributed by atoms with E-state index in [0.29, 0.717) is 11.6 Å². The maximum Gasteiger partial charge on any atom is 0.308 e. The quantitative estimate of drug-likeness (QED) is 0.883. The molecule has 2 heterocycles. The standard InChI is InChI=1S/C12H13ClN2O3/c1-7-5-15(6-9(7)12(17)18)11(16)10-3-2-8(13)4-14-10/h2-4,7,9H,5-6H2,1H3,(H,17,18). The molecule has 2 atom stereocenters. The van der Waals surface area contributed by atoms with E-state index >= 15 is 0 Å². The smallest absolute Gasteiger partial charge is 0.308 e. The Morgan fingerprint density at radius 2 is 2.17 bits per heavy atom. The highest BCUT2D eigenvalue weighted by molar-refractivity contribution is 6.30. The molecule has 1 N–H and O–H groups in total. The summed E-state index contributed by atoms with van der Waals surface area (Å²) in [6, 6.07) is 3.14. The van der Waals surface area contributed by atoms with Crippen molar-refractivity contribution in [2.24, 2.45) is 11.8 Å². The summed E-state index contributed by atoms with van der Waals surface area (Å²) in [5, 5.41) is 9.48. The number of carbonyl (C=O) groups excluding carboxylic acids is 1. The van der Waals surface area contributed by atoms with Crippen LogP contribution in [-0.2, 0) is 4.79 Å². The van der Waals surface area contributed by atoms with Crippen LogP contribution in [-0.4, -0.2) is 40.0 Å². The first kappa shape index (κ1) is 12.8. The molecule has 1 amide bonds. The summed E-state index contributed by atoms with van der Waals surface area (Å²) in [7, 11) is 0. The van der Waals surface area contributed by atoms with Crippen LogP contribution in [0.2, 0.25) is 5.02 Å². The Balaban J connectivity index is 2.12. The second-order valence-corrected chi connectivity index (χ2v) is 4.93. The molecule has 0 saturated carbocycles. The molecular formula is C12H13ClN2O3. The van der Waals surface area contributed by atoms with Crippen LogP contribution in [0.4, 0.5) is 0 Å². The number of rotatable bonds is 2. The topological polar surface area (TPSA) is 70.5 Å². The minimum absolute atomic E-state index is 0.0428. The van der Waals surface area contributed by atoms with E-state index in [0.717, 1.165) is 0 Å². The Morgan fingerprint density at radius 1 is 1.44 bits per heavy atom. The highest BCUT2D eigenvalue weighted by atomic mass is 35.5. The number of hydrogen-bond donors (Lipinski definition) is 1. The van der Waals surface area contributed by atoms with Crippen LogP contribution in [0.15, 0.2) is 18.3 Å². The van der Waals surface area contributed by atoms with Crippen LogP contribution in [0.25, 0.3) is 0 Å². The molecule has 1 aromatic heterocycles. The molecule has 2 unspecified atom stereocenters. The first-order chi connectivity index (χ1) is 8.49. The maximum atomic E-state index is 12.1. The lowest BCUT2D eigenvalue weighted by Crippen LogP contribution is -2.30. The van der Waals surface area contributed by atoms with Crippen LogP contribution in [0, 0.1) is 11.8 Å². The third-order valence-electron chi connectivity index (χ3n) is 3.16. The molecule has 1 fully saturated rings. The molecule has 6 heteroatoms. The predicted molar refractivity (Wildman–Crippen MR) is 65.4 cm³/mol. The van der Waals surface area contributed by atoms with Crippen LogP contribution >= 0.6 is 11.6 Å². The number of aliphatic carboxylic acids is 1. The van der Waals surface area contributed by atoms with Gasteiger partial charge in [-0.2, -0.15) is 0 Å². The molecule has 5 nitrogen and oxygen atoms in total. The first-order valence-corrected chi connectivity index (χ1v) is 6.00. The number of likely N-dealkylation sites (tertiary alicyclic amines) is 1. The number of carboxylic acids is 1. The molecule has 96 valence electrons. The van der Waals surface area contributed by atoms with E-state index in [2.05, 4.69) is 4.98 Å². The van der Waals surface area contributed by atoms with Gasteiger partial charge in [-0.05, 0) is 18.1 Å². The van der Waals surface area contributed by atoms with E-state index in [1.807, 2.05) is 6.92 Å². The normalized spacial score (nSPS) is 23.1. The van der Waals surface area contributed by atoms with E-state index in [1.165, 1.54) is 11.1 Å². The summed E-state index contributed by atoms with van der Waals surface area (Å²) < 4.78 is 0. The zero-order valence-electron chi connectivity index (χ0n) is 9.84. The molecule has 0 radical (unpaired) electrons. The average molecular weight is 269 g/mol. The number of nitrogens with zero attached hydrogens (tertiary/aromatic N) is 2. The van der Waals surface area contributed by atoms with Gasteiger partial charge in [0, 0.05) is 19.3 Å². The lowest BCUT2D eigenvalue weighted by molar-refractivity contribution is -0.142. The van der Waals surface area contributed by atoms with Gasteiger partial charge in [0.1, 0.15) is 5.69 Å². The van der Waals surface area contributed by atoms with Crippen molar-refractivity contribution in [3.8, 4) is 0 Å². The largest absolute Gasteiger partial charge is 0.481 e. The number of pyridine rings is 1. The number of halogens is 1. The minimum atomic E-state index is -0.859. The van der Waals surface area contributed by atoms with Gasteiger partial charge in [-0.3, -0.25) is 9.59 Å². The van der Waals surface area contributed by atoms with Gasteiger partial charge in [0.15, 0.2) is 0 Å². The Hall–Kier alpha value is -1.62. The third-order valence-corrected chi connectivity index (χ3v) is 3.39. The molecular weight excluding hydrogens is 256 g/mol. The summed E-state index contributed by atoms with van der Waals surface area (Å²) in [4.78, 5) is 28.6. The van der Waals surface area contributed by atoms with Gasteiger partial charge in [-0.1, -0.05) is 18.5 Å². The van der Waals surface area contributed by atoms with Crippen LogP contribution in [0.1, 0.15) is 17.4 Å². The fraction of sp³-hybridized carbons (Fsp3) is 0.417. The number of amides is 1. The fourth-order valence-electron chi connectivity index (χ4n) is 2.12. The van der Waals surface area contributed by atoms with Gasteiger partial charge < -0.3 is 10.0 Å². The second-order valence-electron chi connectivity index (χ2n) is 4.49. The summed E-state index contributed by atoms with van der Waals surface area (Å²) in [6.07, 6.45) is 1.41. The minimum Gasteiger partial charge on any atom is -0.481 e. The van der Waals surface area contributed by atoms with Crippen molar-refractivity contribution in [1.29, 1.82) is 0 Å². The molecule has 1 aromatic rings. The van der Waals surface area contributed by atoms with Crippen molar-refractivity contribution in [2.75, 3.05) is 13.1 Å². The SMILES string of the molecule is CC1CN(C(=O)c2ccc(Cl)cn2)CC1C(=O)O. The molecule has 1 aliphatic heterocycles. The van der Waals surface area contributed by atoms with Crippen molar-refractivity contribution in [3.05, 3.63) is 29.0 Å². The highest BCUT2D eigenvalue weighted by Crippen LogP contribution is 2.24. The van der Waals surface area contributed by atoms with Crippen molar-refractivity contribution in [1.82, 2.24) is 9.88 Å². The molecule has 1 saturated heterocycles. The summed E-state index contributed by atoms with van der Waals surface area (Å²) in [5.74, 6) is -1.65. The lowest BCUT2D eigenvalue weighted by atomic mass is 9.99. The maximum absolute atomic E-state index is 12.1. The van der Waals surface area contributed by atoms with Crippen molar-refractivity contribution in [3.63, 3.8) is 0 Å². The molecule has 0 aliphatic carbocycles. The molecule has 0 spiro atoms. The molecule has 2 rings (SSSR count). The zero-order valence-corrected chi connectivity index (χ0v) is 10.6. The zero-order chi connectivity index (χ0) is 13.3. The summed E-state index contributed by atoms with van der Waals surface area (Å²) in [6.45, 7) is 2.51. The number of carbonyl (C=O) groups is 2. The van der Waals surface area contributed by atoms with Gasteiger partial charge >= 0.3 is 5.97 Å². The summed E-state index contributed by atoms with van der Waals surface area (Å²) in [5.41, 5.74) is 0.289. The summed E-state index contributed by atoms with van der Waals surface area (Å²) >= 11 is 5.70. The van der Waals surface area contributed by atoms with Crippen molar-refractivity contribution >= 4 is 23.5 Å². The van der Waals surface area contributed by atoms with Gasteiger partial charge in [0.05, 0.1) is 10.9 Å². The van der Waals surface area contributed by atoms with Gasteiger partial charge in [-0.15, -0.1) is 0 Å². The van der Waals surface area contributed by atoms with E-state index in [4.69, 9.17) is 16.7 Å². The van der Waals surface area contributed by atoms with Crippen LogP contribution < -0.4 is 0 Å². The molecule has 18 heavy (non-hydrogen) atoms. The Labute approximate surface area is 109 Å². The predicted octanol–water partition coefficient (Wildman–Crippen LogP) is 1.53. The number of carboxylic acid groups (broad SMARTS) is 1. The number of hydrogen-bond acceptors (Lipinski definition) is 3. The molecule has 1 aliphatic rings.